The summed E-state index contributed by atoms with van der Waals surface area (Å²) >= 11 is 0. The van der Waals surface area contributed by atoms with Crippen molar-refractivity contribution in [2.75, 3.05) is 0 Å². The smallest absolute Gasteiger partial charge is 0.419 e. The van der Waals surface area contributed by atoms with Crippen molar-refractivity contribution in [1.82, 2.24) is 8.54 Å². The molecule has 0 bridgehead atoms. The summed E-state index contributed by atoms with van der Waals surface area (Å²) in [7, 11) is -3.88. The van der Waals surface area contributed by atoms with E-state index in [1.165, 1.54) is 8.54 Å². The Kier molecular flexibility index (Phi) is 4.54. The summed E-state index contributed by atoms with van der Waals surface area (Å²) in [5.41, 5.74) is 1.57. The molecule has 0 fully saturated rings. The van der Waals surface area contributed by atoms with Crippen molar-refractivity contribution in [1.29, 1.82) is 0 Å². The maximum absolute atomic E-state index is 13.6. The molecule has 0 saturated carbocycles. The molecule has 0 aliphatic heterocycles. The van der Waals surface area contributed by atoms with E-state index in [9.17, 15) is 13.2 Å². The summed E-state index contributed by atoms with van der Waals surface area (Å²) in [6, 6.07) is 15.6. The lowest BCUT2D eigenvalue weighted by Crippen LogP contribution is -2.28. The zero-order valence-electron chi connectivity index (χ0n) is 17.6. The quantitative estimate of drug-likeness (QED) is 0.442. The van der Waals surface area contributed by atoms with E-state index < -0.39 is 21.7 Å². The predicted molar refractivity (Wildman–Crippen MR) is 118 cm³/mol. The van der Waals surface area contributed by atoms with E-state index in [0.717, 1.165) is 10.8 Å². The van der Waals surface area contributed by atoms with Crippen LogP contribution >= 0.6 is 0 Å². The molecule has 2 aromatic carbocycles. The molecule has 4 aromatic rings. The van der Waals surface area contributed by atoms with Crippen LogP contribution in [0.3, 0.4) is 0 Å². The molecular formula is C23H24N2O4S. The van der Waals surface area contributed by atoms with Gasteiger partial charge in [-0.05, 0) is 52.8 Å². The van der Waals surface area contributed by atoms with Gasteiger partial charge in [0.2, 0.25) is 0 Å². The molecule has 0 amide bonds. The van der Waals surface area contributed by atoms with Gasteiger partial charge in [0.1, 0.15) is 5.60 Å². The molecule has 2 aromatic heterocycles. The Morgan fingerprint density at radius 2 is 1.50 bits per heavy atom. The van der Waals surface area contributed by atoms with Crippen molar-refractivity contribution in [3.63, 3.8) is 0 Å². The van der Waals surface area contributed by atoms with Gasteiger partial charge in [0, 0.05) is 16.5 Å². The average molecular weight is 425 g/mol. The van der Waals surface area contributed by atoms with Crippen molar-refractivity contribution in [3.05, 3.63) is 66.0 Å². The van der Waals surface area contributed by atoms with E-state index in [2.05, 4.69) is 0 Å². The topological polar surface area (TPSA) is 70.3 Å². The maximum Gasteiger partial charge on any atom is 0.419 e. The van der Waals surface area contributed by atoms with Gasteiger partial charge in [0.15, 0.2) is 0 Å². The highest BCUT2D eigenvalue weighted by Crippen LogP contribution is 2.38. The number of hydrogen-bond acceptors (Lipinski definition) is 4. The zero-order chi connectivity index (χ0) is 21.8. The Labute approximate surface area is 175 Å². The molecule has 6 nitrogen and oxygen atoms in total. The van der Waals surface area contributed by atoms with Gasteiger partial charge in [-0.1, -0.05) is 36.4 Å². The molecule has 0 atom stereocenters. The Hall–Kier alpha value is -3.06. The third kappa shape index (κ3) is 3.01. The number of para-hydroxylation sites is 1. The number of hydrogen-bond donors (Lipinski definition) is 0. The molecule has 156 valence electrons. The number of ether oxygens (including phenoxy) is 1. The van der Waals surface area contributed by atoms with Crippen LogP contribution in [0.2, 0.25) is 0 Å². The Balaban J connectivity index is 2.11. The number of fused-ring (bicyclic) bond motifs is 3. The highest BCUT2D eigenvalue weighted by molar-refractivity contribution is 7.90. The van der Waals surface area contributed by atoms with Gasteiger partial charge in [-0.15, -0.1) is 0 Å². The summed E-state index contributed by atoms with van der Waals surface area (Å²) in [6.45, 7) is 8.96. The Bertz CT molecular complexity index is 1390. The molecule has 0 spiro atoms. The standard InChI is InChI=1S/C23H24N2O4S/c1-15-20-18-13-9-10-14-19(18)25(30(27,28)17-11-7-6-8-12-17)21(20)16(2)24(15)22(26)29-23(3,4)5/h6-14H,1-5H3. The van der Waals surface area contributed by atoms with Gasteiger partial charge in [-0.2, -0.15) is 0 Å². The van der Waals surface area contributed by atoms with E-state index in [1.807, 2.05) is 25.1 Å². The van der Waals surface area contributed by atoms with Crippen molar-refractivity contribution >= 4 is 37.9 Å². The minimum atomic E-state index is -3.88. The normalized spacial score (nSPS) is 12.6. The molecule has 2 heterocycles. The van der Waals surface area contributed by atoms with E-state index in [0.29, 0.717) is 22.4 Å². The summed E-state index contributed by atoms with van der Waals surface area (Å²) < 4.78 is 35.6. The monoisotopic (exact) mass is 424 g/mol. The molecule has 0 saturated heterocycles. The number of rotatable bonds is 2. The van der Waals surface area contributed by atoms with E-state index in [1.54, 1.807) is 64.1 Å². The fourth-order valence-corrected chi connectivity index (χ4v) is 5.50. The predicted octanol–water partition coefficient (Wildman–Crippen LogP) is 5.23. The SMILES string of the molecule is Cc1c2c3ccccc3n(S(=O)(=O)c3ccccc3)c2c(C)n1C(=O)OC(C)(C)C. The van der Waals surface area contributed by atoms with Gasteiger partial charge in [-0.3, -0.25) is 4.57 Å². The number of nitrogens with zero attached hydrogens (tertiary/aromatic N) is 2. The highest BCUT2D eigenvalue weighted by atomic mass is 32.2. The average Bonchev–Trinajstić information content (AvgIpc) is 3.14. The highest BCUT2D eigenvalue weighted by Gasteiger charge is 2.30. The van der Waals surface area contributed by atoms with Crippen LogP contribution in [0.4, 0.5) is 4.79 Å². The molecule has 30 heavy (non-hydrogen) atoms. The molecule has 0 aliphatic carbocycles. The summed E-state index contributed by atoms with van der Waals surface area (Å²) in [5, 5.41) is 1.50. The second kappa shape index (κ2) is 6.74. The summed E-state index contributed by atoms with van der Waals surface area (Å²) in [6.07, 6.45) is -0.526. The van der Waals surface area contributed by atoms with Gasteiger partial charge in [0.25, 0.3) is 10.0 Å². The lowest BCUT2D eigenvalue weighted by Gasteiger charge is -2.21. The minimum absolute atomic E-state index is 0.190. The van der Waals surface area contributed by atoms with Crippen LogP contribution in [0, 0.1) is 13.8 Å². The third-order valence-corrected chi connectivity index (χ3v) is 6.79. The van der Waals surface area contributed by atoms with E-state index >= 15 is 0 Å². The van der Waals surface area contributed by atoms with Gasteiger partial charge >= 0.3 is 6.09 Å². The van der Waals surface area contributed by atoms with E-state index in [-0.39, 0.29) is 4.90 Å². The lowest BCUT2D eigenvalue weighted by atomic mass is 10.2. The van der Waals surface area contributed by atoms with Crippen LogP contribution < -0.4 is 0 Å². The van der Waals surface area contributed by atoms with Crippen molar-refractivity contribution in [2.45, 2.75) is 45.1 Å². The molecule has 7 heteroatoms. The third-order valence-electron chi connectivity index (χ3n) is 5.06. The van der Waals surface area contributed by atoms with Crippen LogP contribution in [0.15, 0.2) is 59.5 Å². The maximum atomic E-state index is 13.6. The van der Waals surface area contributed by atoms with Crippen LogP contribution in [-0.4, -0.2) is 28.7 Å². The Morgan fingerprint density at radius 3 is 2.13 bits per heavy atom. The van der Waals surface area contributed by atoms with Crippen LogP contribution in [-0.2, 0) is 14.8 Å². The summed E-state index contributed by atoms with van der Waals surface area (Å²) in [4.78, 5) is 13.1. The van der Waals surface area contributed by atoms with Gasteiger partial charge in [0.05, 0.1) is 21.6 Å². The number of carbonyl (C=O) groups is 1. The second-order valence-electron chi connectivity index (χ2n) is 8.31. The largest absolute Gasteiger partial charge is 0.443 e. The van der Waals surface area contributed by atoms with Crippen LogP contribution in [0.5, 0.6) is 0 Å². The summed E-state index contributed by atoms with van der Waals surface area (Å²) in [5.74, 6) is 0. The van der Waals surface area contributed by atoms with Gasteiger partial charge < -0.3 is 4.74 Å². The fraction of sp³-hybridized carbons (Fsp3) is 0.261. The van der Waals surface area contributed by atoms with Crippen molar-refractivity contribution < 1.29 is 17.9 Å². The van der Waals surface area contributed by atoms with Crippen molar-refractivity contribution in [3.8, 4) is 0 Å². The van der Waals surface area contributed by atoms with Crippen molar-refractivity contribution in [2.24, 2.45) is 0 Å². The minimum Gasteiger partial charge on any atom is -0.443 e. The molecule has 0 aliphatic rings. The fourth-order valence-electron chi connectivity index (χ4n) is 3.90. The molecular weight excluding hydrogens is 400 g/mol. The number of carbonyl (C=O) groups excluding carboxylic acids is 1. The van der Waals surface area contributed by atoms with Crippen LogP contribution in [0.25, 0.3) is 21.8 Å². The lowest BCUT2D eigenvalue weighted by molar-refractivity contribution is 0.0532. The van der Waals surface area contributed by atoms with Gasteiger partial charge in [-0.25, -0.2) is 17.2 Å². The second-order valence-corrected chi connectivity index (χ2v) is 10.1. The Morgan fingerprint density at radius 1 is 0.900 bits per heavy atom. The van der Waals surface area contributed by atoms with Crippen LogP contribution in [0.1, 0.15) is 32.2 Å². The molecule has 4 rings (SSSR count). The van der Waals surface area contributed by atoms with E-state index in [4.69, 9.17) is 4.74 Å². The number of aryl methyl sites for hydroxylation is 2. The first-order valence-electron chi connectivity index (χ1n) is 9.69. The molecule has 0 radical (unpaired) electrons. The molecule has 0 unspecified atom stereocenters. The number of benzene rings is 2. The number of aromatic nitrogens is 2. The first kappa shape index (κ1) is 20.2. The zero-order valence-corrected chi connectivity index (χ0v) is 18.4. The first-order chi connectivity index (χ1) is 14.0. The molecule has 0 N–H and O–H groups in total. The first-order valence-corrected chi connectivity index (χ1v) is 11.1.